The molecule has 0 bridgehead atoms. The summed E-state index contributed by atoms with van der Waals surface area (Å²) in [6, 6.07) is 12.0. The summed E-state index contributed by atoms with van der Waals surface area (Å²) in [6.45, 7) is 0. The Morgan fingerprint density at radius 1 is 1.00 bits per heavy atom. The molecule has 1 unspecified atom stereocenters. The van der Waals surface area contributed by atoms with Gasteiger partial charge >= 0.3 is 11.9 Å². The molecule has 20 heavy (non-hydrogen) atoms. The predicted octanol–water partition coefficient (Wildman–Crippen LogP) is 2.14. The molecule has 0 amide bonds. The fourth-order valence-corrected chi connectivity index (χ4v) is 1.96. The van der Waals surface area contributed by atoms with Gasteiger partial charge in [0.2, 0.25) is 0 Å². The molecule has 0 saturated heterocycles. The van der Waals surface area contributed by atoms with E-state index in [1.165, 1.54) is 18.2 Å². The van der Waals surface area contributed by atoms with E-state index in [0.717, 1.165) is 5.56 Å². The van der Waals surface area contributed by atoms with Crippen LogP contribution in [0.2, 0.25) is 0 Å². The van der Waals surface area contributed by atoms with E-state index in [1.807, 2.05) is 6.07 Å². The van der Waals surface area contributed by atoms with Gasteiger partial charge < -0.3 is 15.9 Å². The fraction of sp³-hybridized carbons (Fsp3) is 0.0667. The first-order chi connectivity index (χ1) is 9.50. The van der Waals surface area contributed by atoms with Crippen molar-refractivity contribution in [3.8, 4) is 11.1 Å². The summed E-state index contributed by atoms with van der Waals surface area (Å²) in [7, 11) is 0. The van der Waals surface area contributed by atoms with Crippen molar-refractivity contribution in [1.29, 1.82) is 0 Å². The Bertz CT molecular complexity index is 652. The fourth-order valence-electron chi connectivity index (χ4n) is 1.96. The summed E-state index contributed by atoms with van der Waals surface area (Å²) >= 11 is 0. The monoisotopic (exact) mass is 271 g/mol. The van der Waals surface area contributed by atoms with Crippen molar-refractivity contribution in [2.45, 2.75) is 6.04 Å². The minimum Gasteiger partial charge on any atom is -0.480 e. The van der Waals surface area contributed by atoms with Crippen LogP contribution in [0.15, 0.2) is 48.5 Å². The minimum absolute atomic E-state index is 0.0881. The van der Waals surface area contributed by atoms with Gasteiger partial charge in [-0.15, -0.1) is 0 Å². The summed E-state index contributed by atoms with van der Waals surface area (Å²) < 4.78 is 0. The van der Waals surface area contributed by atoms with Crippen LogP contribution in [-0.4, -0.2) is 22.2 Å². The molecule has 1 atom stereocenters. The molecule has 2 rings (SSSR count). The molecular weight excluding hydrogens is 258 g/mol. The largest absolute Gasteiger partial charge is 0.480 e. The zero-order chi connectivity index (χ0) is 14.7. The maximum Gasteiger partial charge on any atom is 0.335 e. The molecule has 0 aliphatic rings. The number of nitrogens with two attached hydrogens (primary N) is 1. The highest BCUT2D eigenvalue weighted by atomic mass is 16.4. The Morgan fingerprint density at radius 3 is 2.20 bits per heavy atom. The third-order valence-electron chi connectivity index (χ3n) is 2.99. The van der Waals surface area contributed by atoms with E-state index in [1.54, 1.807) is 24.3 Å². The van der Waals surface area contributed by atoms with Gasteiger partial charge in [0.1, 0.15) is 6.04 Å². The van der Waals surface area contributed by atoms with Gasteiger partial charge in [-0.3, -0.25) is 4.79 Å². The second-order valence-corrected chi connectivity index (χ2v) is 4.29. The van der Waals surface area contributed by atoms with Crippen LogP contribution >= 0.6 is 0 Å². The zero-order valence-corrected chi connectivity index (χ0v) is 10.5. The maximum atomic E-state index is 11.1. The van der Waals surface area contributed by atoms with Crippen LogP contribution in [0.1, 0.15) is 22.0 Å². The zero-order valence-electron chi connectivity index (χ0n) is 10.5. The van der Waals surface area contributed by atoms with Gasteiger partial charge in [-0.05, 0) is 28.8 Å². The highest BCUT2D eigenvalue weighted by Gasteiger charge is 2.20. The van der Waals surface area contributed by atoms with Crippen LogP contribution in [0.3, 0.4) is 0 Å². The summed E-state index contributed by atoms with van der Waals surface area (Å²) in [5.74, 6) is -2.23. The molecule has 2 aromatic rings. The quantitative estimate of drug-likeness (QED) is 0.790. The van der Waals surface area contributed by atoms with E-state index >= 15 is 0 Å². The smallest absolute Gasteiger partial charge is 0.335 e. The Labute approximate surface area is 115 Å². The van der Waals surface area contributed by atoms with Gasteiger partial charge in [0.05, 0.1) is 5.56 Å². The highest BCUT2D eigenvalue weighted by Crippen LogP contribution is 2.28. The lowest BCUT2D eigenvalue weighted by molar-refractivity contribution is -0.138. The van der Waals surface area contributed by atoms with Crippen molar-refractivity contribution < 1.29 is 19.8 Å². The SMILES string of the molecule is NC(C(=O)O)c1ccc(C(=O)O)cc1-c1ccccc1. The molecular formula is C15H13NO4. The standard InChI is InChI=1S/C15H13NO4/c16-13(15(19)20)11-7-6-10(14(17)18)8-12(11)9-4-2-1-3-5-9/h1-8,13H,16H2,(H,17,18)(H,19,20). The van der Waals surface area contributed by atoms with Gasteiger partial charge in [-0.1, -0.05) is 36.4 Å². The number of rotatable bonds is 4. The molecule has 0 spiro atoms. The Morgan fingerprint density at radius 2 is 1.65 bits per heavy atom. The van der Waals surface area contributed by atoms with E-state index in [2.05, 4.69) is 0 Å². The molecule has 4 N–H and O–H groups in total. The molecule has 2 aromatic carbocycles. The first-order valence-corrected chi connectivity index (χ1v) is 5.91. The highest BCUT2D eigenvalue weighted by molar-refractivity contribution is 5.91. The Kier molecular flexibility index (Phi) is 3.81. The molecule has 102 valence electrons. The average Bonchev–Trinajstić information content (AvgIpc) is 2.46. The molecule has 5 nitrogen and oxygen atoms in total. The van der Waals surface area contributed by atoms with E-state index in [9.17, 15) is 9.59 Å². The third kappa shape index (κ3) is 2.67. The predicted molar refractivity (Wildman–Crippen MR) is 73.4 cm³/mol. The molecule has 0 saturated carbocycles. The van der Waals surface area contributed by atoms with Crippen LogP contribution in [0.25, 0.3) is 11.1 Å². The van der Waals surface area contributed by atoms with Gasteiger partial charge in [0, 0.05) is 0 Å². The molecule has 0 aliphatic carbocycles. The van der Waals surface area contributed by atoms with Crippen molar-refractivity contribution in [3.63, 3.8) is 0 Å². The summed E-state index contributed by atoms with van der Waals surface area (Å²) in [4.78, 5) is 22.1. The topological polar surface area (TPSA) is 101 Å². The normalized spacial score (nSPS) is 11.8. The molecule has 0 fully saturated rings. The summed E-state index contributed by atoms with van der Waals surface area (Å²) in [5, 5.41) is 18.1. The van der Waals surface area contributed by atoms with Crippen molar-refractivity contribution in [1.82, 2.24) is 0 Å². The van der Waals surface area contributed by atoms with E-state index < -0.39 is 18.0 Å². The van der Waals surface area contributed by atoms with Gasteiger partial charge in [-0.2, -0.15) is 0 Å². The summed E-state index contributed by atoms with van der Waals surface area (Å²) in [5.41, 5.74) is 7.36. The van der Waals surface area contributed by atoms with Crippen LogP contribution in [0.5, 0.6) is 0 Å². The molecule has 0 radical (unpaired) electrons. The first-order valence-electron chi connectivity index (χ1n) is 5.91. The number of aromatic carboxylic acids is 1. The molecule has 0 heterocycles. The summed E-state index contributed by atoms with van der Waals surface area (Å²) in [6.07, 6.45) is 0. The molecule has 5 heteroatoms. The lowest BCUT2D eigenvalue weighted by Crippen LogP contribution is -2.21. The number of benzene rings is 2. The first kappa shape index (κ1) is 13.8. The van der Waals surface area contributed by atoms with Crippen molar-refractivity contribution in [2.24, 2.45) is 5.73 Å². The lowest BCUT2D eigenvalue weighted by atomic mass is 9.93. The van der Waals surface area contributed by atoms with Crippen molar-refractivity contribution >= 4 is 11.9 Å². The second-order valence-electron chi connectivity index (χ2n) is 4.29. The van der Waals surface area contributed by atoms with Crippen LogP contribution in [0, 0.1) is 0 Å². The van der Waals surface area contributed by atoms with Crippen molar-refractivity contribution in [2.75, 3.05) is 0 Å². The average molecular weight is 271 g/mol. The molecule has 0 aliphatic heterocycles. The third-order valence-corrected chi connectivity index (χ3v) is 2.99. The van der Waals surface area contributed by atoms with Gasteiger partial charge in [0.15, 0.2) is 0 Å². The Balaban J connectivity index is 2.63. The number of hydrogen-bond acceptors (Lipinski definition) is 3. The van der Waals surface area contributed by atoms with Crippen LogP contribution in [-0.2, 0) is 4.79 Å². The lowest BCUT2D eigenvalue weighted by Gasteiger charge is -2.14. The number of aliphatic carboxylic acids is 1. The molecule has 0 aromatic heterocycles. The van der Waals surface area contributed by atoms with Crippen LogP contribution < -0.4 is 5.73 Å². The van der Waals surface area contributed by atoms with E-state index in [0.29, 0.717) is 11.1 Å². The number of hydrogen-bond donors (Lipinski definition) is 3. The van der Waals surface area contributed by atoms with E-state index in [-0.39, 0.29) is 5.56 Å². The maximum absolute atomic E-state index is 11.1. The number of carboxylic acid groups (broad SMARTS) is 2. The van der Waals surface area contributed by atoms with Gasteiger partial charge in [0.25, 0.3) is 0 Å². The number of carboxylic acids is 2. The van der Waals surface area contributed by atoms with Crippen molar-refractivity contribution in [3.05, 3.63) is 59.7 Å². The number of carbonyl (C=O) groups is 2. The minimum atomic E-state index is -1.20. The second kappa shape index (κ2) is 5.54. The van der Waals surface area contributed by atoms with Crippen LogP contribution in [0.4, 0.5) is 0 Å². The van der Waals surface area contributed by atoms with Gasteiger partial charge in [-0.25, -0.2) is 4.79 Å². The Hall–Kier alpha value is -2.66. The van der Waals surface area contributed by atoms with E-state index in [4.69, 9.17) is 15.9 Å².